The van der Waals surface area contributed by atoms with Crippen LogP contribution in [-0.4, -0.2) is 17.1 Å². The van der Waals surface area contributed by atoms with Crippen LogP contribution in [0.5, 0.6) is 5.75 Å². The van der Waals surface area contributed by atoms with Crippen molar-refractivity contribution in [2.45, 2.75) is 77.9 Å². The van der Waals surface area contributed by atoms with Gasteiger partial charge < -0.3 is 14.6 Å². The second kappa shape index (κ2) is 9.02. The number of nitrogens with one attached hydrogen (secondary N) is 1. The van der Waals surface area contributed by atoms with Crippen LogP contribution in [0.1, 0.15) is 67.5 Å². The van der Waals surface area contributed by atoms with Gasteiger partial charge in [-0.05, 0) is 62.6 Å². The smallest absolute Gasteiger partial charge is 0.224 e. The zero-order valence-corrected chi connectivity index (χ0v) is 17.6. The van der Waals surface area contributed by atoms with E-state index in [9.17, 15) is 4.79 Å². The molecule has 1 amide bonds. The first-order valence-electron chi connectivity index (χ1n) is 11.0. The minimum atomic E-state index is 0.133. The number of aromatic nitrogens is 1. The first kappa shape index (κ1) is 20.0. The molecule has 1 aromatic carbocycles. The van der Waals surface area contributed by atoms with Crippen molar-refractivity contribution in [1.82, 2.24) is 10.5 Å². The summed E-state index contributed by atoms with van der Waals surface area (Å²) in [5, 5.41) is 7.23. The molecule has 0 unspecified atom stereocenters. The number of fused-ring (bicyclic) bond motifs is 1. The largest absolute Gasteiger partial charge is 0.489 e. The summed E-state index contributed by atoms with van der Waals surface area (Å²) in [5.74, 6) is 3.45. The molecule has 1 N–H and O–H groups in total. The van der Waals surface area contributed by atoms with E-state index in [1.807, 2.05) is 38.1 Å². The van der Waals surface area contributed by atoms with E-state index < -0.39 is 0 Å². The van der Waals surface area contributed by atoms with Crippen molar-refractivity contribution in [3.8, 4) is 5.75 Å². The number of amides is 1. The Kier molecular flexibility index (Phi) is 6.22. The zero-order chi connectivity index (χ0) is 20.2. The van der Waals surface area contributed by atoms with Gasteiger partial charge in [-0.1, -0.05) is 43.0 Å². The van der Waals surface area contributed by atoms with Gasteiger partial charge >= 0.3 is 0 Å². The summed E-state index contributed by atoms with van der Waals surface area (Å²) in [4.78, 5) is 12.5. The summed E-state index contributed by atoms with van der Waals surface area (Å²) in [6.45, 7) is 4.24. The number of nitrogens with zero attached hydrogens (tertiary/aromatic N) is 1. The Morgan fingerprint density at radius 1 is 1.10 bits per heavy atom. The molecule has 2 aliphatic carbocycles. The molecule has 5 nitrogen and oxygen atoms in total. The van der Waals surface area contributed by atoms with E-state index in [0.29, 0.717) is 19.1 Å². The Bertz CT molecular complexity index is 808. The van der Waals surface area contributed by atoms with Crippen LogP contribution in [-0.2, 0) is 17.8 Å². The van der Waals surface area contributed by atoms with Crippen LogP contribution >= 0.6 is 0 Å². The van der Waals surface area contributed by atoms with Gasteiger partial charge in [0.25, 0.3) is 0 Å². The molecule has 0 aliphatic heterocycles. The summed E-state index contributed by atoms with van der Waals surface area (Å²) in [5.41, 5.74) is 2.86. The Morgan fingerprint density at radius 2 is 1.86 bits per heavy atom. The average molecular weight is 397 g/mol. The highest BCUT2D eigenvalue weighted by molar-refractivity contribution is 5.78. The molecule has 1 heterocycles. The second-order valence-corrected chi connectivity index (χ2v) is 8.79. The van der Waals surface area contributed by atoms with Crippen LogP contribution in [0.25, 0.3) is 0 Å². The molecule has 29 heavy (non-hydrogen) atoms. The minimum absolute atomic E-state index is 0.133. The molecule has 5 heteroatoms. The molecule has 0 saturated heterocycles. The van der Waals surface area contributed by atoms with E-state index in [4.69, 9.17) is 9.26 Å². The lowest BCUT2D eigenvalue weighted by Crippen LogP contribution is -2.42. The number of aryl methyl sites for hydroxylation is 2. The molecule has 156 valence electrons. The van der Waals surface area contributed by atoms with Crippen LogP contribution in [0, 0.1) is 25.7 Å². The van der Waals surface area contributed by atoms with Gasteiger partial charge in [-0.25, -0.2) is 0 Å². The molecule has 2 fully saturated rings. The van der Waals surface area contributed by atoms with Crippen LogP contribution in [0.15, 0.2) is 28.8 Å². The van der Waals surface area contributed by atoms with Crippen molar-refractivity contribution >= 4 is 5.91 Å². The van der Waals surface area contributed by atoms with Crippen molar-refractivity contribution in [1.29, 1.82) is 0 Å². The van der Waals surface area contributed by atoms with Crippen molar-refractivity contribution < 1.29 is 14.1 Å². The minimum Gasteiger partial charge on any atom is -0.489 e. The predicted molar refractivity (Wildman–Crippen MR) is 112 cm³/mol. The number of hydrogen-bond acceptors (Lipinski definition) is 4. The molecule has 2 saturated carbocycles. The summed E-state index contributed by atoms with van der Waals surface area (Å²) in [7, 11) is 0. The van der Waals surface area contributed by atoms with Gasteiger partial charge in [-0.2, -0.15) is 0 Å². The number of hydrogen-bond donors (Lipinski definition) is 1. The highest BCUT2D eigenvalue weighted by Crippen LogP contribution is 2.40. The molecule has 0 spiro atoms. The molecule has 1 aromatic heterocycles. The normalized spacial score (nSPS) is 24.0. The van der Waals surface area contributed by atoms with E-state index in [-0.39, 0.29) is 5.91 Å². The fourth-order valence-corrected chi connectivity index (χ4v) is 5.04. The zero-order valence-electron chi connectivity index (χ0n) is 17.6. The first-order chi connectivity index (χ1) is 14.1. The van der Waals surface area contributed by atoms with Crippen molar-refractivity contribution in [3.63, 3.8) is 0 Å². The molecule has 0 radical (unpaired) electrons. The molecule has 0 bridgehead atoms. The maximum absolute atomic E-state index is 12.5. The number of carbonyl (C=O) groups is 1. The van der Waals surface area contributed by atoms with Crippen LogP contribution in [0.3, 0.4) is 0 Å². The van der Waals surface area contributed by atoms with Gasteiger partial charge in [0.1, 0.15) is 18.1 Å². The fraction of sp³-hybridized carbons (Fsp3) is 0.583. The standard InChI is InChI=1S/C24H32N2O3/c1-16-23(17(2)29-26-16)15-28-22-11-7-18(8-12-22)13-24(27)25-21-10-9-19-5-3-4-6-20(19)14-21/h7-8,11-12,19-21H,3-6,9-10,13-15H2,1-2H3,(H,25,27)/t19-,20+,21+/m0/s1. The Balaban J connectivity index is 1.24. The maximum Gasteiger partial charge on any atom is 0.224 e. The predicted octanol–water partition coefficient (Wildman–Crippen LogP) is 4.89. The monoisotopic (exact) mass is 396 g/mol. The molecule has 2 aromatic rings. The molecule has 4 rings (SSSR count). The van der Waals surface area contributed by atoms with Gasteiger partial charge in [0.15, 0.2) is 0 Å². The Morgan fingerprint density at radius 3 is 2.59 bits per heavy atom. The summed E-state index contributed by atoms with van der Waals surface area (Å²) in [6.07, 6.45) is 9.54. The van der Waals surface area contributed by atoms with Crippen LogP contribution in [0.2, 0.25) is 0 Å². The summed E-state index contributed by atoms with van der Waals surface area (Å²) >= 11 is 0. The lowest BCUT2D eigenvalue weighted by atomic mass is 9.69. The van der Waals surface area contributed by atoms with Gasteiger partial charge in [0, 0.05) is 6.04 Å². The van der Waals surface area contributed by atoms with Crippen LogP contribution < -0.4 is 10.1 Å². The number of carbonyl (C=O) groups excluding carboxylic acids is 1. The third-order valence-corrected chi connectivity index (χ3v) is 6.76. The van der Waals surface area contributed by atoms with E-state index in [0.717, 1.165) is 46.6 Å². The second-order valence-electron chi connectivity index (χ2n) is 8.79. The first-order valence-corrected chi connectivity index (χ1v) is 11.0. The lowest BCUT2D eigenvalue weighted by molar-refractivity contribution is -0.121. The highest BCUT2D eigenvalue weighted by atomic mass is 16.5. The number of ether oxygens (including phenoxy) is 1. The van der Waals surface area contributed by atoms with E-state index in [1.165, 1.54) is 38.5 Å². The topological polar surface area (TPSA) is 64.4 Å². The van der Waals surface area contributed by atoms with Gasteiger partial charge in [-0.3, -0.25) is 4.79 Å². The number of rotatable bonds is 6. The van der Waals surface area contributed by atoms with Crippen LogP contribution in [0.4, 0.5) is 0 Å². The molecule has 3 atom stereocenters. The van der Waals surface area contributed by atoms with Crippen molar-refractivity contribution in [3.05, 3.63) is 46.8 Å². The fourth-order valence-electron chi connectivity index (χ4n) is 5.04. The average Bonchev–Trinajstić information content (AvgIpc) is 3.05. The van der Waals surface area contributed by atoms with Crippen molar-refractivity contribution in [2.24, 2.45) is 11.8 Å². The van der Waals surface area contributed by atoms with Gasteiger partial charge in [0.2, 0.25) is 5.91 Å². The third kappa shape index (κ3) is 5.01. The highest BCUT2D eigenvalue weighted by Gasteiger charge is 2.32. The molecule has 2 aliphatic rings. The SMILES string of the molecule is Cc1noc(C)c1COc1ccc(CC(=O)N[C@@H]2CC[C@@H]3CCCC[C@@H]3C2)cc1. The molecular weight excluding hydrogens is 364 g/mol. The van der Waals surface area contributed by atoms with Gasteiger partial charge in [0.05, 0.1) is 17.7 Å². The lowest BCUT2D eigenvalue weighted by Gasteiger charge is -2.39. The molecular formula is C24H32N2O3. The third-order valence-electron chi connectivity index (χ3n) is 6.76. The Hall–Kier alpha value is -2.30. The van der Waals surface area contributed by atoms with Gasteiger partial charge in [-0.15, -0.1) is 0 Å². The maximum atomic E-state index is 12.5. The van der Waals surface area contributed by atoms with E-state index >= 15 is 0 Å². The summed E-state index contributed by atoms with van der Waals surface area (Å²) in [6, 6.07) is 8.15. The quantitative estimate of drug-likeness (QED) is 0.755. The number of benzene rings is 1. The van der Waals surface area contributed by atoms with E-state index in [1.54, 1.807) is 0 Å². The summed E-state index contributed by atoms with van der Waals surface area (Å²) < 4.78 is 11.0. The Labute approximate surface area is 173 Å². The van der Waals surface area contributed by atoms with E-state index in [2.05, 4.69) is 10.5 Å². The van der Waals surface area contributed by atoms with Crippen molar-refractivity contribution in [2.75, 3.05) is 0 Å².